The van der Waals surface area contributed by atoms with Gasteiger partial charge >= 0.3 is 0 Å². The molecule has 1 amide bonds. The molecule has 0 fully saturated rings. The number of anilines is 1. The Morgan fingerprint density at radius 2 is 1.71 bits per heavy atom. The number of benzene rings is 3. The number of ether oxygens (including phenoxy) is 1. The van der Waals surface area contributed by atoms with Gasteiger partial charge in [-0.3, -0.25) is 4.79 Å². The summed E-state index contributed by atoms with van der Waals surface area (Å²) in [5, 5.41) is 3.63. The SMILES string of the molecule is CCN(CC)S(=O)(=O)c1ccc(Oc2ccc(Br)cc2)c(NC(=O)CCc2cccc(Cl)c2Cl)c1. The van der Waals surface area contributed by atoms with E-state index in [0.29, 0.717) is 41.1 Å². The van der Waals surface area contributed by atoms with Crippen molar-refractivity contribution in [3.8, 4) is 11.5 Å². The first-order chi connectivity index (χ1) is 16.6. The third kappa shape index (κ3) is 6.98. The number of hydrogen-bond donors (Lipinski definition) is 1. The summed E-state index contributed by atoms with van der Waals surface area (Å²) in [6, 6.07) is 16.9. The number of amides is 1. The van der Waals surface area contributed by atoms with Crippen LogP contribution in [0.4, 0.5) is 5.69 Å². The average molecular weight is 600 g/mol. The Labute approximate surface area is 224 Å². The summed E-state index contributed by atoms with van der Waals surface area (Å²) in [5.74, 6) is 0.535. The maximum Gasteiger partial charge on any atom is 0.243 e. The summed E-state index contributed by atoms with van der Waals surface area (Å²) in [5.41, 5.74) is 1.00. The quantitative estimate of drug-likeness (QED) is 0.268. The molecule has 1 N–H and O–H groups in total. The molecular weight excluding hydrogens is 575 g/mol. The predicted octanol–water partition coefficient (Wildman–Crippen LogP) is 7.15. The number of carbonyl (C=O) groups excluding carboxylic acids is 1. The van der Waals surface area contributed by atoms with E-state index in [9.17, 15) is 13.2 Å². The molecule has 3 aromatic carbocycles. The summed E-state index contributed by atoms with van der Waals surface area (Å²) in [6.07, 6.45) is 0.483. The fourth-order valence-corrected chi connectivity index (χ4v) is 5.56. The smallest absolute Gasteiger partial charge is 0.243 e. The van der Waals surface area contributed by atoms with Crippen molar-refractivity contribution in [2.75, 3.05) is 18.4 Å². The zero-order chi connectivity index (χ0) is 25.6. The first kappa shape index (κ1) is 27.5. The number of sulfonamides is 1. The Morgan fingerprint density at radius 1 is 1.03 bits per heavy atom. The molecule has 0 aromatic heterocycles. The topological polar surface area (TPSA) is 75.7 Å². The standard InChI is InChI=1S/C25H25BrCl2N2O4S/c1-3-30(4-2)35(32,33)20-13-14-23(34-19-11-9-18(26)10-12-19)22(16-20)29-24(31)15-8-17-6-5-7-21(27)25(17)28/h5-7,9-14,16H,3-4,8,15H2,1-2H3,(H,29,31). The molecule has 0 aliphatic rings. The Morgan fingerprint density at radius 3 is 2.37 bits per heavy atom. The molecule has 0 heterocycles. The average Bonchev–Trinajstić information content (AvgIpc) is 2.83. The Bertz CT molecular complexity index is 1300. The van der Waals surface area contributed by atoms with Crippen LogP contribution in [-0.2, 0) is 21.2 Å². The minimum absolute atomic E-state index is 0.0672. The number of rotatable bonds is 10. The van der Waals surface area contributed by atoms with Gasteiger partial charge in [0.15, 0.2) is 5.75 Å². The summed E-state index contributed by atoms with van der Waals surface area (Å²) in [7, 11) is -3.73. The molecule has 0 unspecified atom stereocenters. The molecule has 35 heavy (non-hydrogen) atoms. The maximum atomic E-state index is 13.1. The molecule has 186 valence electrons. The van der Waals surface area contributed by atoms with Gasteiger partial charge in [-0.15, -0.1) is 0 Å². The van der Waals surface area contributed by atoms with Gasteiger partial charge in [-0.25, -0.2) is 8.42 Å². The normalized spacial score (nSPS) is 11.5. The lowest BCUT2D eigenvalue weighted by Crippen LogP contribution is -2.30. The molecule has 6 nitrogen and oxygen atoms in total. The zero-order valence-electron chi connectivity index (χ0n) is 19.2. The van der Waals surface area contributed by atoms with Gasteiger partial charge < -0.3 is 10.1 Å². The van der Waals surface area contributed by atoms with E-state index in [1.54, 1.807) is 50.2 Å². The van der Waals surface area contributed by atoms with Gasteiger partial charge in [-0.2, -0.15) is 4.31 Å². The van der Waals surface area contributed by atoms with Crippen LogP contribution in [0.15, 0.2) is 70.0 Å². The van der Waals surface area contributed by atoms with Crippen molar-refractivity contribution >= 4 is 60.7 Å². The molecule has 0 aliphatic heterocycles. The second kappa shape index (κ2) is 12.2. The lowest BCUT2D eigenvalue weighted by Gasteiger charge is -2.20. The van der Waals surface area contributed by atoms with E-state index in [2.05, 4.69) is 21.2 Å². The third-order valence-corrected chi connectivity index (χ3v) is 8.70. The van der Waals surface area contributed by atoms with Crippen molar-refractivity contribution in [3.05, 3.63) is 80.7 Å². The maximum absolute atomic E-state index is 13.1. The van der Waals surface area contributed by atoms with Crippen LogP contribution in [0.25, 0.3) is 0 Å². The zero-order valence-corrected chi connectivity index (χ0v) is 23.1. The van der Waals surface area contributed by atoms with E-state index < -0.39 is 10.0 Å². The van der Waals surface area contributed by atoms with Gasteiger partial charge in [-0.05, 0) is 60.5 Å². The summed E-state index contributed by atoms with van der Waals surface area (Å²) < 4.78 is 34.3. The largest absolute Gasteiger partial charge is 0.455 e. The number of nitrogens with zero attached hydrogens (tertiary/aromatic N) is 1. The highest BCUT2D eigenvalue weighted by molar-refractivity contribution is 9.10. The van der Waals surface area contributed by atoms with E-state index in [1.165, 1.54) is 16.4 Å². The molecule has 0 radical (unpaired) electrons. The molecule has 0 atom stereocenters. The molecule has 0 saturated heterocycles. The molecule has 10 heteroatoms. The summed E-state index contributed by atoms with van der Waals surface area (Å²) >= 11 is 15.7. The number of aryl methyl sites for hydroxylation is 1. The summed E-state index contributed by atoms with van der Waals surface area (Å²) in [6.45, 7) is 4.21. The van der Waals surface area contributed by atoms with Crippen molar-refractivity contribution < 1.29 is 17.9 Å². The lowest BCUT2D eigenvalue weighted by atomic mass is 10.1. The predicted molar refractivity (Wildman–Crippen MR) is 144 cm³/mol. The Kier molecular flexibility index (Phi) is 9.61. The van der Waals surface area contributed by atoms with Crippen molar-refractivity contribution in [2.45, 2.75) is 31.6 Å². The van der Waals surface area contributed by atoms with E-state index in [-0.39, 0.29) is 22.9 Å². The van der Waals surface area contributed by atoms with Gasteiger partial charge in [0.2, 0.25) is 15.9 Å². The van der Waals surface area contributed by atoms with Crippen LogP contribution in [0.3, 0.4) is 0 Å². The van der Waals surface area contributed by atoms with Crippen molar-refractivity contribution in [2.24, 2.45) is 0 Å². The van der Waals surface area contributed by atoms with Crippen LogP contribution in [0.1, 0.15) is 25.8 Å². The van der Waals surface area contributed by atoms with Crippen molar-refractivity contribution in [1.29, 1.82) is 0 Å². The Hall–Kier alpha value is -2.10. The highest BCUT2D eigenvalue weighted by atomic mass is 79.9. The van der Waals surface area contributed by atoms with Gasteiger partial charge in [0.25, 0.3) is 0 Å². The van der Waals surface area contributed by atoms with Crippen LogP contribution in [0.2, 0.25) is 10.0 Å². The van der Waals surface area contributed by atoms with E-state index in [4.69, 9.17) is 27.9 Å². The van der Waals surface area contributed by atoms with E-state index in [1.807, 2.05) is 12.1 Å². The number of carbonyl (C=O) groups is 1. The van der Waals surface area contributed by atoms with Crippen molar-refractivity contribution in [1.82, 2.24) is 4.31 Å². The first-order valence-electron chi connectivity index (χ1n) is 11.0. The monoisotopic (exact) mass is 598 g/mol. The highest BCUT2D eigenvalue weighted by Crippen LogP contribution is 2.34. The van der Waals surface area contributed by atoms with Crippen LogP contribution < -0.4 is 10.1 Å². The first-order valence-corrected chi connectivity index (χ1v) is 13.9. The Balaban J connectivity index is 1.89. The fraction of sp³-hybridized carbons (Fsp3) is 0.240. The molecule has 3 rings (SSSR count). The number of nitrogens with one attached hydrogen (secondary N) is 1. The second-order valence-corrected chi connectivity index (χ2v) is 11.2. The van der Waals surface area contributed by atoms with Crippen LogP contribution in [0.5, 0.6) is 11.5 Å². The summed E-state index contributed by atoms with van der Waals surface area (Å²) in [4.78, 5) is 12.9. The van der Waals surface area contributed by atoms with Gasteiger partial charge in [0.1, 0.15) is 5.75 Å². The van der Waals surface area contributed by atoms with Crippen LogP contribution in [-0.4, -0.2) is 31.7 Å². The van der Waals surface area contributed by atoms with Crippen molar-refractivity contribution in [3.63, 3.8) is 0 Å². The fourth-order valence-electron chi connectivity index (χ4n) is 3.40. The van der Waals surface area contributed by atoms with Crippen LogP contribution in [0, 0.1) is 0 Å². The minimum atomic E-state index is -3.73. The van der Waals surface area contributed by atoms with Gasteiger partial charge in [0.05, 0.1) is 20.6 Å². The molecular formula is C25H25BrCl2N2O4S. The van der Waals surface area contributed by atoms with E-state index in [0.717, 1.165) is 10.0 Å². The number of halogens is 3. The third-order valence-electron chi connectivity index (χ3n) is 5.26. The molecule has 3 aromatic rings. The number of hydrogen-bond acceptors (Lipinski definition) is 4. The molecule has 0 saturated carbocycles. The molecule has 0 spiro atoms. The van der Waals surface area contributed by atoms with E-state index >= 15 is 0 Å². The van der Waals surface area contributed by atoms with Gasteiger partial charge in [-0.1, -0.05) is 65.1 Å². The molecule has 0 bridgehead atoms. The second-order valence-electron chi connectivity index (χ2n) is 7.56. The lowest BCUT2D eigenvalue weighted by molar-refractivity contribution is -0.116. The van der Waals surface area contributed by atoms with Crippen LogP contribution >= 0.6 is 39.1 Å². The van der Waals surface area contributed by atoms with Gasteiger partial charge in [0, 0.05) is 24.0 Å². The highest BCUT2D eigenvalue weighted by Gasteiger charge is 2.23. The minimum Gasteiger partial charge on any atom is -0.455 e. The molecule has 0 aliphatic carbocycles.